The predicted octanol–water partition coefficient (Wildman–Crippen LogP) is 2.96. The van der Waals surface area contributed by atoms with Crippen LogP contribution in [0.5, 0.6) is 0 Å². The topological polar surface area (TPSA) is 62.6 Å². The van der Waals surface area contributed by atoms with E-state index in [1.807, 2.05) is 12.1 Å². The summed E-state index contributed by atoms with van der Waals surface area (Å²) in [7, 11) is 0. The van der Waals surface area contributed by atoms with Crippen LogP contribution in [0.2, 0.25) is 0 Å². The molecule has 2 amide bonds. The molecule has 5 heteroatoms. The van der Waals surface area contributed by atoms with E-state index in [9.17, 15) is 9.59 Å². The smallest absolute Gasteiger partial charge is 0.225 e. The molecule has 2 aliphatic rings. The number of carbonyl (C=O) groups excluding carboxylic acids is 2. The summed E-state index contributed by atoms with van der Waals surface area (Å²) in [5, 5.41) is 2.94. The van der Waals surface area contributed by atoms with Crippen LogP contribution in [0.3, 0.4) is 0 Å². The molecule has 0 aromatic carbocycles. The van der Waals surface area contributed by atoms with Gasteiger partial charge in [0.1, 0.15) is 5.76 Å². The van der Waals surface area contributed by atoms with Gasteiger partial charge in [0.2, 0.25) is 11.8 Å². The van der Waals surface area contributed by atoms with Crippen LogP contribution < -0.4 is 5.32 Å². The van der Waals surface area contributed by atoms with Crippen LogP contribution in [-0.2, 0) is 16.1 Å². The molecule has 1 unspecified atom stereocenters. The molecular weight excluding hydrogens is 304 g/mol. The molecule has 1 atom stereocenters. The summed E-state index contributed by atoms with van der Waals surface area (Å²) >= 11 is 0. The van der Waals surface area contributed by atoms with Crippen LogP contribution in [-0.4, -0.2) is 29.8 Å². The van der Waals surface area contributed by atoms with Crippen molar-refractivity contribution in [2.75, 3.05) is 13.1 Å². The number of likely N-dealkylation sites (tertiary alicyclic amines) is 1. The lowest BCUT2D eigenvalue weighted by Gasteiger charge is -2.35. The van der Waals surface area contributed by atoms with Crippen molar-refractivity contribution < 1.29 is 14.0 Å². The van der Waals surface area contributed by atoms with Crippen molar-refractivity contribution in [3.05, 3.63) is 24.2 Å². The maximum Gasteiger partial charge on any atom is 0.225 e. The Morgan fingerprint density at radius 1 is 1.21 bits per heavy atom. The van der Waals surface area contributed by atoms with Crippen molar-refractivity contribution in [2.24, 2.45) is 17.8 Å². The van der Waals surface area contributed by atoms with Gasteiger partial charge in [-0.3, -0.25) is 9.59 Å². The lowest BCUT2D eigenvalue weighted by molar-refractivity contribution is -0.140. The SMILES string of the molecule is CC1CCCN(C(=O)C2CCC(C(=O)NCc3ccco3)CC2)C1. The van der Waals surface area contributed by atoms with E-state index in [1.165, 1.54) is 6.42 Å². The second-order valence-corrected chi connectivity index (χ2v) is 7.38. The Balaban J connectivity index is 1.43. The number of furan rings is 1. The van der Waals surface area contributed by atoms with Gasteiger partial charge in [0, 0.05) is 24.9 Å². The zero-order valence-electron chi connectivity index (χ0n) is 14.5. The van der Waals surface area contributed by atoms with E-state index in [2.05, 4.69) is 17.1 Å². The molecule has 0 spiro atoms. The second kappa shape index (κ2) is 7.86. The highest BCUT2D eigenvalue weighted by molar-refractivity contribution is 5.81. The summed E-state index contributed by atoms with van der Waals surface area (Å²) in [6, 6.07) is 3.68. The maximum absolute atomic E-state index is 12.7. The molecular formula is C19H28N2O3. The number of carbonyl (C=O) groups is 2. The highest BCUT2D eigenvalue weighted by Gasteiger charge is 2.33. The summed E-state index contributed by atoms with van der Waals surface area (Å²) in [6.07, 6.45) is 7.25. The largest absolute Gasteiger partial charge is 0.467 e. The molecule has 132 valence electrons. The van der Waals surface area contributed by atoms with Gasteiger partial charge in [-0.05, 0) is 56.6 Å². The monoisotopic (exact) mass is 332 g/mol. The normalized spacial score (nSPS) is 27.7. The van der Waals surface area contributed by atoms with Crippen LogP contribution in [0.4, 0.5) is 0 Å². The molecule has 0 bridgehead atoms. The maximum atomic E-state index is 12.7. The summed E-state index contributed by atoms with van der Waals surface area (Å²) in [5.41, 5.74) is 0. The fraction of sp³-hybridized carbons (Fsp3) is 0.684. The molecule has 1 N–H and O–H groups in total. The van der Waals surface area contributed by atoms with Crippen LogP contribution in [0.15, 0.2) is 22.8 Å². The number of nitrogens with one attached hydrogen (secondary N) is 1. The van der Waals surface area contributed by atoms with E-state index >= 15 is 0 Å². The molecule has 1 aromatic heterocycles. The van der Waals surface area contributed by atoms with E-state index < -0.39 is 0 Å². The van der Waals surface area contributed by atoms with Gasteiger partial charge in [0.05, 0.1) is 12.8 Å². The molecule has 2 fully saturated rings. The molecule has 1 aliphatic carbocycles. The molecule has 1 aromatic rings. The number of rotatable bonds is 4. The van der Waals surface area contributed by atoms with Gasteiger partial charge < -0.3 is 14.6 Å². The number of hydrogen-bond acceptors (Lipinski definition) is 3. The Kier molecular flexibility index (Phi) is 5.59. The molecule has 1 saturated carbocycles. The Labute approximate surface area is 143 Å². The fourth-order valence-electron chi connectivity index (χ4n) is 3.98. The summed E-state index contributed by atoms with van der Waals surface area (Å²) < 4.78 is 5.23. The molecule has 5 nitrogen and oxygen atoms in total. The number of hydrogen-bond donors (Lipinski definition) is 1. The van der Waals surface area contributed by atoms with Crippen LogP contribution >= 0.6 is 0 Å². The van der Waals surface area contributed by atoms with Crippen LogP contribution in [0.25, 0.3) is 0 Å². The van der Waals surface area contributed by atoms with E-state index in [1.54, 1.807) is 6.26 Å². The number of nitrogens with zero attached hydrogens (tertiary/aromatic N) is 1. The second-order valence-electron chi connectivity index (χ2n) is 7.38. The van der Waals surface area contributed by atoms with E-state index in [0.29, 0.717) is 18.4 Å². The number of piperidine rings is 1. The first-order chi connectivity index (χ1) is 11.6. The average molecular weight is 332 g/mol. The first-order valence-electron chi connectivity index (χ1n) is 9.22. The van der Waals surface area contributed by atoms with Gasteiger partial charge in [-0.15, -0.1) is 0 Å². The minimum absolute atomic E-state index is 0.0318. The lowest BCUT2D eigenvalue weighted by Crippen LogP contribution is -2.44. The lowest BCUT2D eigenvalue weighted by atomic mass is 9.80. The molecule has 2 heterocycles. The molecule has 1 saturated heterocycles. The van der Waals surface area contributed by atoms with Gasteiger partial charge in [0.25, 0.3) is 0 Å². The van der Waals surface area contributed by atoms with E-state index in [0.717, 1.165) is 51.0 Å². The Bertz CT molecular complexity index is 547. The predicted molar refractivity (Wildman–Crippen MR) is 91.0 cm³/mol. The standard InChI is InChI=1S/C19H28N2O3/c1-14-4-2-10-21(13-14)19(23)16-8-6-15(7-9-16)18(22)20-12-17-5-3-11-24-17/h3,5,11,14-16H,2,4,6-10,12-13H2,1H3,(H,20,22). The molecule has 0 radical (unpaired) electrons. The molecule has 24 heavy (non-hydrogen) atoms. The average Bonchev–Trinajstić information content (AvgIpc) is 3.13. The zero-order valence-corrected chi connectivity index (χ0v) is 14.5. The third-order valence-electron chi connectivity index (χ3n) is 5.43. The van der Waals surface area contributed by atoms with Crippen molar-refractivity contribution in [3.63, 3.8) is 0 Å². The van der Waals surface area contributed by atoms with Gasteiger partial charge >= 0.3 is 0 Å². The van der Waals surface area contributed by atoms with E-state index in [4.69, 9.17) is 4.42 Å². The van der Waals surface area contributed by atoms with Gasteiger partial charge in [-0.1, -0.05) is 6.92 Å². The van der Waals surface area contributed by atoms with Crippen LogP contribution in [0, 0.1) is 17.8 Å². The summed E-state index contributed by atoms with van der Waals surface area (Å²) in [5.74, 6) is 1.94. The Hall–Kier alpha value is -1.78. The Morgan fingerprint density at radius 2 is 1.96 bits per heavy atom. The van der Waals surface area contributed by atoms with E-state index in [-0.39, 0.29) is 17.7 Å². The third-order valence-corrected chi connectivity index (χ3v) is 5.43. The minimum Gasteiger partial charge on any atom is -0.467 e. The number of amides is 2. The molecule has 3 rings (SSSR count). The van der Waals surface area contributed by atoms with Gasteiger partial charge in [-0.25, -0.2) is 0 Å². The highest BCUT2D eigenvalue weighted by atomic mass is 16.3. The van der Waals surface area contributed by atoms with Crippen molar-refractivity contribution in [1.29, 1.82) is 0 Å². The van der Waals surface area contributed by atoms with Gasteiger partial charge in [-0.2, -0.15) is 0 Å². The molecule has 1 aliphatic heterocycles. The quantitative estimate of drug-likeness (QED) is 0.922. The van der Waals surface area contributed by atoms with Gasteiger partial charge in [0.15, 0.2) is 0 Å². The van der Waals surface area contributed by atoms with Crippen molar-refractivity contribution in [3.8, 4) is 0 Å². The first kappa shape index (κ1) is 17.1. The minimum atomic E-state index is 0.0318. The Morgan fingerprint density at radius 3 is 2.62 bits per heavy atom. The highest BCUT2D eigenvalue weighted by Crippen LogP contribution is 2.31. The summed E-state index contributed by atoms with van der Waals surface area (Å²) in [6.45, 7) is 4.48. The van der Waals surface area contributed by atoms with Crippen LogP contribution in [0.1, 0.15) is 51.2 Å². The third kappa shape index (κ3) is 4.19. The summed E-state index contributed by atoms with van der Waals surface area (Å²) in [4.78, 5) is 27.0. The first-order valence-corrected chi connectivity index (χ1v) is 9.22. The van der Waals surface area contributed by atoms with Crippen molar-refractivity contribution in [1.82, 2.24) is 10.2 Å². The van der Waals surface area contributed by atoms with Crippen molar-refractivity contribution >= 4 is 11.8 Å². The zero-order chi connectivity index (χ0) is 16.9. The van der Waals surface area contributed by atoms with Crippen molar-refractivity contribution in [2.45, 2.75) is 52.0 Å². The fourth-order valence-corrected chi connectivity index (χ4v) is 3.98.